The Hall–Kier alpha value is -0.970. The van der Waals surface area contributed by atoms with Gasteiger partial charge in [0.15, 0.2) is 5.96 Å². The lowest BCUT2D eigenvalue weighted by Crippen LogP contribution is -2.34. The molecule has 104 valence electrons. The molecule has 1 aromatic rings. The molecule has 1 saturated carbocycles. The summed E-state index contributed by atoms with van der Waals surface area (Å²) >= 11 is 11.9. The first-order valence-corrected chi connectivity index (χ1v) is 6.87. The van der Waals surface area contributed by atoms with Crippen LogP contribution in [0.4, 0.5) is 0 Å². The van der Waals surface area contributed by atoms with Crippen molar-refractivity contribution in [2.75, 3.05) is 20.3 Å². The highest BCUT2D eigenvalue weighted by molar-refractivity contribution is 6.42. The van der Waals surface area contributed by atoms with Gasteiger partial charge in [0, 0.05) is 19.1 Å². The molecule has 0 amide bonds. The molecule has 6 heteroatoms. The lowest BCUT2D eigenvalue weighted by molar-refractivity contribution is 0.208. The summed E-state index contributed by atoms with van der Waals surface area (Å²) in [5, 5.41) is 4.36. The first-order valence-electron chi connectivity index (χ1n) is 6.12. The van der Waals surface area contributed by atoms with Gasteiger partial charge in [-0.15, -0.1) is 0 Å². The Morgan fingerprint density at radius 2 is 2.26 bits per heavy atom. The van der Waals surface area contributed by atoms with Gasteiger partial charge in [0.25, 0.3) is 0 Å². The number of nitrogens with zero attached hydrogens (tertiary/aromatic N) is 1. The molecule has 1 fully saturated rings. The maximum atomic E-state index is 6.01. The molecule has 3 N–H and O–H groups in total. The Morgan fingerprint density at radius 3 is 2.95 bits per heavy atom. The minimum atomic E-state index is 0.323. The zero-order valence-electron chi connectivity index (χ0n) is 10.7. The molecular formula is C13H17Cl2N3O. The fourth-order valence-electron chi connectivity index (χ4n) is 1.96. The standard InChI is InChI=1S/C13H17Cl2N3O/c1-19-5-4-17-13(16)18-12-7-9(12)8-2-3-10(14)11(15)6-8/h2-3,6,9,12H,4-5,7H2,1H3,(H3,16,17,18)/t9-,12+/m0/s1. The van der Waals surface area contributed by atoms with Crippen LogP contribution in [-0.4, -0.2) is 32.3 Å². The third kappa shape index (κ3) is 4.00. The predicted molar refractivity (Wildman–Crippen MR) is 79.1 cm³/mol. The second kappa shape index (κ2) is 6.46. The van der Waals surface area contributed by atoms with Crippen molar-refractivity contribution >= 4 is 29.2 Å². The molecular weight excluding hydrogens is 285 g/mol. The number of ether oxygens (including phenoxy) is 1. The lowest BCUT2D eigenvalue weighted by atomic mass is 10.1. The van der Waals surface area contributed by atoms with Crippen LogP contribution in [0.3, 0.4) is 0 Å². The highest BCUT2D eigenvalue weighted by atomic mass is 35.5. The second-order valence-electron chi connectivity index (χ2n) is 4.53. The summed E-state index contributed by atoms with van der Waals surface area (Å²) in [4.78, 5) is 4.16. The quantitative estimate of drug-likeness (QED) is 0.499. The zero-order valence-corrected chi connectivity index (χ0v) is 12.2. The van der Waals surface area contributed by atoms with Gasteiger partial charge in [-0.05, 0) is 24.1 Å². The van der Waals surface area contributed by atoms with Crippen molar-refractivity contribution in [2.24, 2.45) is 10.7 Å². The van der Waals surface area contributed by atoms with Crippen LogP contribution in [0.1, 0.15) is 17.9 Å². The maximum absolute atomic E-state index is 6.01. The minimum Gasteiger partial charge on any atom is -0.383 e. The summed E-state index contributed by atoms with van der Waals surface area (Å²) in [5.74, 6) is 0.885. The third-order valence-corrected chi connectivity index (χ3v) is 3.81. The molecule has 1 aliphatic rings. The molecule has 1 aliphatic carbocycles. The number of nitrogens with two attached hydrogens (primary N) is 1. The first kappa shape index (κ1) is 14.4. The molecule has 0 spiro atoms. The van der Waals surface area contributed by atoms with E-state index in [1.807, 2.05) is 18.2 Å². The van der Waals surface area contributed by atoms with E-state index in [2.05, 4.69) is 10.3 Å². The van der Waals surface area contributed by atoms with Gasteiger partial charge >= 0.3 is 0 Å². The van der Waals surface area contributed by atoms with Gasteiger partial charge in [-0.3, -0.25) is 4.99 Å². The van der Waals surface area contributed by atoms with E-state index < -0.39 is 0 Å². The van der Waals surface area contributed by atoms with Crippen molar-refractivity contribution in [1.29, 1.82) is 0 Å². The molecule has 4 nitrogen and oxygen atoms in total. The average Bonchev–Trinajstić information content (AvgIpc) is 3.12. The number of hydrogen-bond donors (Lipinski definition) is 2. The molecule has 19 heavy (non-hydrogen) atoms. The van der Waals surface area contributed by atoms with E-state index in [-0.39, 0.29) is 0 Å². The van der Waals surface area contributed by atoms with E-state index in [9.17, 15) is 0 Å². The predicted octanol–water partition coefficient (Wildman–Crippen LogP) is 2.40. The lowest BCUT2D eigenvalue weighted by Gasteiger charge is -2.06. The number of aliphatic imine (C=N–C) groups is 1. The van der Waals surface area contributed by atoms with Crippen LogP contribution in [0.25, 0.3) is 0 Å². The number of nitrogens with one attached hydrogen (secondary N) is 1. The van der Waals surface area contributed by atoms with Gasteiger partial charge in [0.05, 0.1) is 23.2 Å². The van der Waals surface area contributed by atoms with Crippen molar-refractivity contribution in [1.82, 2.24) is 5.32 Å². The van der Waals surface area contributed by atoms with Crippen molar-refractivity contribution in [3.63, 3.8) is 0 Å². The van der Waals surface area contributed by atoms with E-state index in [1.54, 1.807) is 7.11 Å². The van der Waals surface area contributed by atoms with Gasteiger partial charge < -0.3 is 15.8 Å². The Kier molecular flexibility index (Phi) is 4.91. The zero-order chi connectivity index (χ0) is 13.8. The van der Waals surface area contributed by atoms with Crippen LogP contribution in [0, 0.1) is 0 Å². The molecule has 0 aliphatic heterocycles. The van der Waals surface area contributed by atoms with Crippen LogP contribution in [0.15, 0.2) is 23.2 Å². The number of hydrogen-bond acceptors (Lipinski definition) is 2. The fraction of sp³-hybridized carbons (Fsp3) is 0.462. The summed E-state index contributed by atoms with van der Waals surface area (Å²) in [5.41, 5.74) is 6.96. The molecule has 0 saturated heterocycles. The van der Waals surface area contributed by atoms with Crippen molar-refractivity contribution < 1.29 is 4.74 Å². The molecule has 0 unspecified atom stereocenters. The van der Waals surface area contributed by atoms with Gasteiger partial charge in [-0.25, -0.2) is 0 Å². The SMILES string of the molecule is COCCN=C(N)N[C@@H]1C[C@H]1c1ccc(Cl)c(Cl)c1. The Balaban J connectivity index is 1.87. The average molecular weight is 302 g/mol. The number of benzene rings is 1. The number of guanidine groups is 1. The molecule has 1 aromatic carbocycles. The van der Waals surface area contributed by atoms with Gasteiger partial charge in [-0.2, -0.15) is 0 Å². The fourth-order valence-corrected chi connectivity index (χ4v) is 2.27. The number of rotatable bonds is 5. The maximum Gasteiger partial charge on any atom is 0.188 e. The van der Waals surface area contributed by atoms with Gasteiger partial charge in [0.1, 0.15) is 0 Å². The van der Waals surface area contributed by atoms with Crippen LogP contribution < -0.4 is 11.1 Å². The van der Waals surface area contributed by atoms with E-state index in [1.165, 1.54) is 5.56 Å². The molecule has 2 atom stereocenters. The summed E-state index contributed by atoms with van der Waals surface area (Å²) in [6, 6.07) is 6.06. The van der Waals surface area contributed by atoms with Crippen LogP contribution in [0.2, 0.25) is 10.0 Å². The van der Waals surface area contributed by atoms with Crippen molar-refractivity contribution in [2.45, 2.75) is 18.4 Å². The van der Waals surface area contributed by atoms with Gasteiger partial charge in [-0.1, -0.05) is 29.3 Å². The van der Waals surface area contributed by atoms with E-state index in [0.29, 0.717) is 41.1 Å². The van der Waals surface area contributed by atoms with E-state index in [0.717, 1.165) is 6.42 Å². The molecule has 2 rings (SSSR count). The van der Waals surface area contributed by atoms with Crippen LogP contribution in [-0.2, 0) is 4.74 Å². The molecule has 0 aromatic heterocycles. The molecule has 0 heterocycles. The summed E-state index contributed by atoms with van der Waals surface area (Å²) in [6.45, 7) is 1.14. The largest absolute Gasteiger partial charge is 0.383 e. The summed E-state index contributed by atoms with van der Waals surface area (Å²) < 4.78 is 4.91. The minimum absolute atomic E-state index is 0.323. The van der Waals surface area contributed by atoms with E-state index in [4.69, 9.17) is 33.7 Å². The molecule has 0 radical (unpaired) electrons. The third-order valence-electron chi connectivity index (χ3n) is 3.07. The highest BCUT2D eigenvalue weighted by Gasteiger charge is 2.38. The summed E-state index contributed by atoms with van der Waals surface area (Å²) in [6.07, 6.45) is 1.03. The highest BCUT2D eigenvalue weighted by Crippen LogP contribution is 2.42. The Bertz CT molecular complexity index is 479. The van der Waals surface area contributed by atoms with E-state index >= 15 is 0 Å². The Morgan fingerprint density at radius 1 is 1.47 bits per heavy atom. The van der Waals surface area contributed by atoms with Crippen LogP contribution >= 0.6 is 23.2 Å². The van der Waals surface area contributed by atoms with Gasteiger partial charge in [0.2, 0.25) is 0 Å². The second-order valence-corrected chi connectivity index (χ2v) is 5.34. The van der Waals surface area contributed by atoms with Crippen molar-refractivity contribution in [3.05, 3.63) is 33.8 Å². The smallest absolute Gasteiger partial charge is 0.188 e. The first-order chi connectivity index (χ1) is 9.11. The van der Waals surface area contributed by atoms with Crippen molar-refractivity contribution in [3.8, 4) is 0 Å². The topological polar surface area (TPSA) is 59.6 Å². The normalized spacial score (nSPS) is 22.4. The van der Waals surface area contributed by atoms with Crippen LogP contribution in [0.5, 0.6) is 0 Å². The summed E-state index contributed by atoms with van der Waals surface area (Å²) in [7, 11) is 1.64. The Labute approximate surface area is 122 Å². The molecule has 0 bridgehead atoms. The number of halogens is 2. The number of methoxy groups -OCH3 is 1. The monoisotopic (exact) mass is 301 g/mol.